The number of benzene rings is 3. The summed E-state index contributed by atoms with van der Waals surface area (Å²) in [6.45, 7) is 3.70. The van der Waals surface area contributed by atoms with Crippen LogP contribution in [-0.2, 0) is 26.2 Å². The quantitative estimate of drug-likeness (QED) is 0.122. The van der Waals surface area contributed by atoms with Gasteiger partial charge in [0.05, 0.1) is 40.8 Å². The average Bonchev–Trinajstić information content (AvgIpc) is 3.85. The Morgan fingerprint density at radius 3 is 2.47 bits per heavy atom. The van der Waals surface area contributed by atoms with Crippen LogP contribution in [0.25, 0.3) is 20.7 Å². The Kier molecular flexibility index (Phi) is 8.20. The Bertz CT molecular complexity index is 2680. The van der Waals surface area contributed by atoms with Gasteiger partial charge in [0.2, 0.25) is 23.6 Å². The van der Waals surface area contributed by atoms with Crippen molar-refractivity contribution in [3.63, 3.8) is 0 Å². The van der Waals surface area contributed by atoms with E-state index in [1.165, 1.54) is 34.1 Å². The van der Waals surface area contributed by atoms with Crippen LogP contribution in [0.5, 0.6) is 17.2 Å². The van der Waals surface area contributed by atoms with E-state index < -0.39 is 70.4 Å². The van der Waals surface area contributed by atoms with E-state index in [0.717, 1.165) is 37.6 Å². The average molecular weight is 807 g/mol. The first-order chi connectivity index (χ1) is 27.2. The SMILES string of the molecule is COc1cccc(C2C3=CCC4C(=O)N(c5ccc(C(=O)O)c(O)c5)C(=O)C4C3CC3C(=O)N(c4cc(-c5sc6ccc(Cl)cc6c5C)nn4C)C(=O)C32C)c1O. The summed E-state index contributed by atoms with van der Waals surface area (Å²) in [6.07, 6.45) is 2.05. The lowest BCUT2D eigenvalue weighted by Gasteiger charge is -2.49. The predicted molar refractivity (Wildman–Crippen MR) is 211 cm³/mol. The van der Waals surface area contributed by atoms with Crippen LogP contribution in [0.1, 0.15) is 47.2 Å². The van der Waals surface area contributed by atoms with E-state index in [4.69, 9.17) is 21.4 Å². The van der Waals surface area contributed by atoms with Crippen molar-refractivity contribution in [2.24, 2.45) is 36.1 Å². The van der Waals surface area contributed by atoms with E-state index >= 15 is 4.79 Å². The van der Waals surface area contributed by atoms with Gasteiger partial charge in [0.25, 0.3) is 0 Å². The molecule has 4 heterocycles. The molecule has 6 unspecified atom stereocenters. The van der Waals surface area contributed by atoms with Crippen molar-refractivity contribution >= 4 is 74.1 Å². The molecule has 2 aliphatic carbocycles. The third-order valence-electron chi connectivity index (χ3n) is 12.5. The number of nitrogens with zero attached hydrogens (tertiary/aromatic N) is 4. The summed E-state index contributed by atoms with van der Waals surface area (Å²) in [5.41, 5.74) is 0.708. The molecule has 57 heavy (non-hydrogen) atoms. The minimum Gasteiger partial charge on any atom is -0.507 e. The second-order valence-corrected chi connectivity index (χ2v) is 16.8. The van der Waals surface area contributed by atoms with Crippen LogP contribution in [0.4, 0.5) is 11.5 Å². The van der Waals surface area contributed by atoms with Crippen molar-refractivity contribution < 1.29 is 44.0 Å². The maximum Gasteiger partial charge on any atom is 0.339 e. The molecule has 2 aromatic heterocycles. The molecular formula is C42H35ClN4O9S. The van der Waals surface area contributed by atoms with E-state index in [0.29, 0.717) is 21.9 Å². The van der Waals surface area contributed by atoms with Crippen LogP contribution in [0, 0.1) is 36.0 Å². The number of anilines is 2. The lowest BCUT2D eigenvalue weighted by Crippen LogP contribution is -2.49. The normalized spacial score (nSPS) is 25.5. The molecule has 15 heteroatoms. The monoisotopic (exact) mass is 806 g/mol. The van der Waals surface area contributed by atoms with Gasteiger partial charge in [0, 0.05) is 40.4 Å². The minimum atomic E-state index is -1.45. The number of aryl methyl sites for hydroxylation is 2. The number of allylic oxidation sites excluding steroid dienone is 2. The highest BCUT2D eigenvalue weighted by atomic mass is 35.5. The summed E-state index contributed by atoms with van der Waals surface area (Å²) in [4.78, 5) is 73.1. The predicted octanol–water partition coefficient (Wildman–Crippen LogP) is 6.82. The van der Waals surface area contributed by atoms with E-state index in [9.17, 15) is 34.5 Å². The van der Waals surface area contributed by atoms with Crippen molar-refractivity contribution in [2.75, 3.05) is 16.9 Å². The number of hydrogen-bond acceptors (Lipinski definition) is 10. The zero-order chi connectivity index (χ0) is 40.4. The maximum atomic E-state index is 15.1. The minimum absolute atomic E-state index is 0.0216. The highest BCUT2D eigenvalue weighted by molar-refractivity contribution is 7.22. The highest BCUT2D eigenvalue weighted by Gasteiger charge is 2.68. The molecule has 1 saturated carbocycles. The number of carboxylic acids is 1. The number of hydrogen-bond donors (Lipinski definition) is 3. The number of imide groups is 2. The number of aromatic hydroxyl groups is 2. The molecule has 4 amide bonds. The largest absolute Gasteiger partial charge is 0.507 e. The Labute approximate surface area is 334 Å². The lowest BCUT2D eigenvalue weighted by atomic mass is 9.51. The first-order valence-corrected chi connectivity index (χ1v) is 19.5. The fourth-order valence-corrected chi connectivity index (χ4v) is 11.1. The molecule has 2 aliphatic heterocycles. The number of thiophene rings is 1. The van der Waals surface area contributed by atoms with Gasteiger partial charge in [-0.2, -0.15) is 5.10 Å². The number of fused-ring (bicyclic) bond motifs is 5. The number of rotatable bonds is 6. The van der Waals surface area contributed by atoms with Crippen LogP contribution in [-0.4, -0.2) is 61.8 Å². The van der Waals surface area contributed by atoms with Crippen LogP contribution in [0.15, 0.2) is 72.3 Å². The topological polar surface area (TPSA) is 180 Å². The Morgan fingerprint density at radius 2 is 1.75 bits per heavy atom. The van der Waals surface area contributed by atoms with Crippen LogP contribution >= 0.6 is 22.9 Å². The zero-order valence-electron chi connectivity index (χ0n) is 31.0. The number of carbonyl (C=O) groups is 5. The number of amides is 4. The van der Waals surface area contributed by atoms with Gasteiger partial charge >= 0.3 is 5.97 Å². The van der Waals surface area contributed by atoms with Gasteiger partial charge in [-0.3, -0.25) is 23.9 Å². The number of para-hydroxylation sites is 1. The van der Waals surface area contributed by atoms with Gasteiger partial charge in [0.15, 0.2) is 11.5 Å². The lowest BCUT2D eigenvalue weighted by molar-refractivity contribution is -0.131. The van der Waals surface area contributed by atoms with Crippen molar-refractivity contribution in [3.8, 4) is 27.8 Å². The molecule has 3 N–H and O–H groups in total. The fourth-order valence-electron chi connectivity index (χ4n) is 9.82. The standard InChI is InChI=1S/C42H35ClN4O9S/c1-18-25-14-19(43)8-13-31(25)57-36(18)28-17-32(45(3)44-28)47-38(51)27-16-26-21(34(42(27,2)41(47)55)24-6-5-7-30(56-4)35(24)49)11-12-23-33(26)39(52)46(37(23)50)20-9-10-22(40(53)54)29(48)15-20/h5-11,13-15,17,23,26-27,33-34,48-49H,12,16H2,1-4H3,(H,53,54). The molecule has 9 rings (SSSR count). The molecule has 4 aliphatic rings. The molecule has 3 fully saturated rings. The number of carbonyl (C=O) groups excluding carboxylic acids is 4. The molecule has 2 saturated heterocycles. The summed E-state index contributed by atoms with van der Waals surface area (Å²) in [5, 5.41) is 37.9. The Balaban J connectivity index is 1.15. The molecule has 0 spiro atoms. The van der Waals surface area contributed by atoms with Gasteiger partial charge < -0.3 is 20.1 Å². The molecule has 13 nitrogen and oxygen atoms in total. The number of aromatic nitrogens is 2. The van der Waals surface area contributed by atoms with Gasteiger partial charge in [-0.1, -0.05) is 35.4 Å². The summed E-state index contributed by atoms with van der Waals surface area (Å²) >= 11 is 7.83. The second kappa shape index (κ2) is 12.8. The van der Waals surface area contributed by atoms with Crippen molar-refractivity contribution in [1.82, 2.24) is 9.78 Å². The Hall–Kier alpha value is -5.99. The maximum absolute atomic E-state index is 15.1. The van der Waals surface area contributed by atoms with Crippen molar-refractivity contribution in [2.45, 2.75) is 32.6 Å². The summed E-state index contributed by atoms with van der Waals surface area (Å²) < 4.78 is 7.99. The third kappa shape index (κ3) is 5.05. The summed E-state index contributed by atoms with van der Waals surface area (Å²) in [7, 11) is 3.08. The van der Waals surface area contributed by atoms with Crippen LogP contribution in [0.3, 0.4) is 0 Å². The molecule has 0 radical (unpaired) electrons. The van der Waals surface area contributed by atoms with E-state index in [1.807, 2.05) is 31.2 Å². The number of halogens is 1. The highest BCUT2D eigenvalue weighted by Crippen LogP contribution is 2.65. The van der Waals surface area contributed by atoms with Crippen molar-refractivity contribution in [1.29, 1.82) is 0 Å². The molecule has 3 aromatic carbocycles. The number of methoxy groups -OCH3 is 1. The van der Waals surface area contributed by atoms with E-state index in [-0.39, 0.29) is 41.4 Å². The summed E-state index contributed by atoms with van der Waals surface area (Å²) in [6, 6.07) is 15.8. The zero-order valence-corrected chi connectivity index (χ0v) is 32.6. The first kappa shape index (κ1) is 36.6. The smallest absolute Gasteiger partial charge is 0.339 e. The molecular weight excluding hydrogens is 772 g/mol. The number of carboxylic acid groups (broad SMARTS) is 1. The van der Waals surface area contributed by atoms with E-state index in [1.54, 1.807) is 38.2 Å². The second-order valence-electron chi connectivity index (χ2n) is 15.3. The van der Waals surface area contributed by atoms with Gasteiger partial charge in [-0.05, 0) is 80.0 Å². The summed E-state index contributed by atoms with van der Waals surface area (Å²) in [5.74, 6) is -8.17. The van der Waals surface area contributed by atoms with Crippen molar-refractivity contribution in [3.05, 3.63) is 94.0 Å². The van der Waals surface area contributed by atoms with Gasteiger partial charge in [0.1, 0.15) is 22.8 Å². The van der Waals surface area contributed by atoms with Gasteiger partial charge in [-0.25, -0.2) is 14.6 Å². The number of ether oxygens (including phenoxy) is 1. The number of phenols is 2. The van der Waals surface area contributed by atoms with Gasteiger partial charge in [-0.15, -0.1) is 11.3 Å². The Morgan fingerprint density at radius 1 is 0.982 bits per heavy atom. The molecule has 6 atom stereocenters. The molecule has 0 bridgehead atoms. The van der Waals surface area contributed by atoms with Crippen LogP contribution < -0.4 is 14.5 Å². The van der Waals surface area contributed by atoms with Crippen LogP contribution in [0.2, 0.25) is 5.02 Å². The van der Waals surface area contributed by atoms with E-state index in [2.05, 4.69) is 0 Å². The molecule has 290 valence electrons. The fraction of sp³-hybridized carbons (Fsp3) is 0.286. The number of phenolic OH excluding ortho intramolecular Hbond substituents is 1. The molecule has 5 aromatic rings. The third-order valence-corrected chi connectivity index (χ3v) is 14.1. The first-order valence-electron chi connectivity index (χ1n) is 18.3. The number of aromatic carboxylic acids is 1.